The van der Waals surface area contributed by atoms with Gasteiger partial charge in [0.05, 0.1) is 16.2 Å². The Balaban J connectivity index is 1.77. The van der Waals surface area contributed by atoms with Crippen molar-refractivity contribution in [1.82, 2.24) is 4.90 Å². The first kappa shape index (κ1) is 18.8. The minimum atomic E-state index is -4.47. The van der Waals surface area contributed by atoms with E-state index in [0.717, 1.165) is 49.6 Å². The number of thioether (sulfide) groups is 1. The number of carbonyl (C=O) groups excluding carboxylic acids is 2. The number of hydrogen-bond acceptors (Lipinski definition) is 3. The van der Waals surface area contributed by atoms with Crippen LogP contribution in [0.3, 0.4) is 0 Å². The fraction of sp³-hybridized carbons (Fsp3) is 0.444. The summed E-state index contributed by atoms with van der Waals surface area (Å²) in [6.45, 7) is 0. The topological polar surface area (TPSA) is 49.4 Å². The predicted octanol–water partition coefficient (Wildman–Crippen LogP) is 4.42. The van der Waals surface area contributed by atoms with Gasteiger partial charge in [-0.1, -0.05) is 31.0 Å². The molecule has 0 unspecified atom stereocenters. The molecule has 1 aromatic carbocycles. The van der Waals surface area contributed by atoms with Crippen molar-refractivity contribution in [3.05, 3.63) is 34.7 Å². The van der Waals surface area contributed by atoms with Crippen LogP contribution >= 0.6 is 11.8 Å². The van der Waals surface area contributed by atoms with Crippen LogP contribution in [0.2, 0.25) is 0 Å². The number of alkyl halides is 3. The smallest absolute Gasteiger partial charge is 0.339 e. The molecule has 0 saturated heterocycles. The highest BCUT2D eigenvalue weighted by Gasteiger charge is 2.33. The minimum absolute atomic E-state index is 0.111. The second-order valence-corrected chi connectivity index (χ2v) is 7.60. The second kappa shape index (κ2) is 7.34. The summed E-state index contributed by atoms with van der Waals surface area (Å²) in [5.41, 5.74) is -0.710. The van der Waals surface area contributed by atoms with Gasteiger partial charge in [-0.25, -0.2) is 0 Å². The zero-order valence-corrected chi connectivity index (χ0v) is 15.0. The van der Waals surface area contributed by atoms with Crippen LogP contribution in [0.15, 0.2) is 34.1 Å². The molecule has 8 heteroatoms. The lowest BCUT2D eigenvalue weighted by Crippen LogP contribution is -2.37. The van der Waals surface area contributed by atoms with Crippen molar-refractivity contribution < 1.29 is 22.8 Å². The van der Waals surface area contributed by atoms with Gasteiger partial charge in [-0.2, -0.15) is 13.2 Å². The van der Waals surface area contributed by atoms with Gasteiger partial charge < -0.3 is 10.2 Å². The Morgan fingerprint density at radius 1 is 1.27 bits per heavy atom. The molecule has 140 valence electrons. The lowest BCUT2D eigenvalue weighted by atomic mass is 9.94. The summed E-state index contributed by atoms with van der Waals surface area (Å²) >= 11 is 1.01. The Bertz CT molecular complexity index is 755. The average molecular weight is 384 g/mol. The van der Waals surface area contributed by atoms with Crippen molar-refractivity contribution in [2.24, 2.45) is 0 Å². The zero-order valence-electron chi connectivity index (χ0n) is 14.2. The van der Waals surface area contributed by atoms with E-state index in [1.54, 1.807) is 11.9 Å². The molecule has 1 aliphatic heterocycles. The van der Waals surface area contributed by atoms with Gasteiger partial charge in [0.25, 0.3) is 5.91 Å². The maximum Gasteiger partial charge on any atom is 0.416 e. The molecule has 0 bridgehead atoms. The van der Waals surface area contributed by atoms with E-state index in [9.17, 15) is 22.8 Å². The first-order valence-corrected chi connectivity index (χ1v) is 9.26. The fourth-order valence-corrected chi connectivity index (χ4v) is 4.10. The SMILES string of the molecule is CN(C(=O)/C=C1/Sc2ccc(C(F)(F)F)cc2NC1=O)C1CCCCC1. The molecule has 1 aromatic rings. The molecule has 4 nitrogen and oxygen atoms in total. The number of rotatable bonds is 2. The summed E-state index contributed by atoms with van der Waals surface area (Å²) in [4.78, 5) is 27.0. The number of anilines is 1. The van der Waals surface area contributed by atoms with E-state index in [-0.39, 0.29) is 22.5 Å². The average Bonchev–Trinajstić information content (AvgIpc) is 2.61. The molecule has 1 heterocycles. The van der Waals surface area contributed by atoms with Gasteiger partial charge in [0, 0.05) is 24.1 Å². The first-order valence-electron chi connectivity index (χ1n) is 8.44. The van der Waals surface area contributed by atoms with E-state index in [1.165, 1.54) is 18.6 Å². The maximum absolute atomic E-state index is 12.8. The highest BCUT2D eigenvalue weighted by atomic mass is 32.2. The number of carbonyl (C=O) groups is 2. The Morgan fingerprint density at radius 3 is 2.62 bits per heavy atom. The molecule has 1 N–H and O–H groups in total. The van der Waals surface area contributed by atoms with Crippen molar-refractivity contribution >= 4 is 29.3 Å². The van der Waals surface area contributed by atoms with Crippen LogP contribution in [-0.2, 0) is 15.8 Å². The van der Waals surface area contributed by atoms with Crippen LogP contribution < -0.4 is 5.32 Å². The van der Waals surface area contributed by atoms with Crippen LogP contribution in [0.1, 0.15) is 37.7 Å². The Labute approximate surface area is 153 Å². The number of likely N-dealkylation sites (N-methyl/N-ethyl adjacent to an activating group) is 1. The van der Waals surface area contributed by atoms with Gasteiger partial charge in [0.2, 0.25) is 5.91 Å². The summed E-state index contributed by atoms with van der Waals surface area (Å²) in [5.74, 6) is -0.822. The number of hydrogen-bond donors (Lipinski definition) is 1. The summed E-state index contributed by atoms with van der Waals surface area (Å²) in [6, 6.07) is 3.36. The van der Waals surface area contributed by atoms with Crippen LogP contribution in [0.25, 0.3) is 0 Å². The normalized spacial score (nSPS) is 19.8. The van der Waals surface area contributed by atoms with E-state index < -0.39 is 17.6 Å². The van der Waals surface area contributed by atoms with Crippen LogP contribution in [0, 0.1) is 0 Å². The molecule has 26 heavy (non-hydrogen) atoms. The zero-order chi connectivity index (χ0) is 18.9. The molecule has 2 amide bonds. The molecule has 1 fully saturated rings. The molecule has 0 aromatic heterocycles. The highest BCUT2D eigenvalue weighted by molar-refractivity contribution is 8.04. The van der Waals surface area contributed by atoms with Crippen LogP contribution in [0.4, 0.5) is 18.9 Å². The Kier molecular flexibility index (Phi) is 5.32. The van der Waals surface area contributed by atoms with Crippen molar-refractivity contribution in [2.75, 3.05) is 12.4 Å². The molecule has 0 atom stereocenters. The molecule has 0 radical (unpaired) electrons. The van der Waals surface area contributed by atoms with Gasteiger partial charge in [-0.15, -0.1) is 0 Å². The number of benzene rings is 1. The number of nitrogens with zero attached hydrogens (tertiary/aromatic N) is 1. The third-order valence-corrected chi connectivity index (χ3v) is 5.82. The quantitative estimate of drug-likeness (QED) is 0.768. The first-order chi connectivity index (χ1) is 12.3. The van der Waals surface area contributed by atoms with Crippen LogP contribution in [0.5, 0.6) is 0 Å². The number of fused-ring (bicyclic) bond motifs is 1. The predicted molar refractivity (Wildman–Crippen MR) is 93.7 cm³/mol. The van der Waals surface area contributed by atoms with E-state index in [4.69, 9.17) is 0 Å². The highest BCUT2D eigenvalue weighted by Crippen LogP contribution is 2.41. The summed E-state index contributed by atoms with van der Waals surface area (Å²) in [7, 11) is 1.73. The van der Waals surface area contributed by atoms with E-state index in [0.29, 0.717) is 4.90 Å². The monoisotopic (exact) mass is 384 g/mol. The van der Waals surface area contributed by atoms with Crippen molar-refractivity contribution in [3.63, 3.8) is 0 Å². The molecular formula is C18H19F3N2O2S. The fourth-order valence-electron chi connectivity index (χ4n) is 3.20. The minimum Gasteiger partial charge on any atom is -0.339 e. The third-order valence-electron chi connectivity index (χ3n) is 4.72. The van der Waals surface area contributed by atoms with Gasteiger partial charge in [0.15, 0.2) is 0 Å². The summed E-state index contributed by atoms with van der Waals surface area (Å²) in [6.07, 6.45) is 2.05. The van der Waals surface area contributed by atoms with Gasteiger partial charge in [-0.3, -0.25) is 9.59 Å². The van der Waals surface area contributed by atoms with Crippen LogP contribution in [-0.4, -0.2) is 29.8 Å². The molecule has 1 saturated carbocycles. The largest absolute Gasteiger partial charge is 0.416 e. The summed E-state index contributed by atoms with van der Waals surface area (Å²) < 4.78 is 38.4. The molecule has 0 spiro atoms. The summed E-state index contributed by atoms with van der Waals surface area (Å²) in [5, 5.41) is 2.45. The van der Waals surface area contributed by atoms with Crippen molar-refractivity contribution in [3.8, 4) is 0 Å². The second-order valence-electron chi connectivity index (χ2n) is 6.51. The number of halogens is 3. The lowest BCUT2D eigenvalue weighted by molar-refractivity contribution is -0.137. The Morgan fingerprint density at radius 2 is 1.96 bits per heavy atom. The van der Waals surface area contributed by atoms with Gasteiger partial charge in [-0.05, 0) is 31.0 Å². The maximum atomic E-state index is 12.8. The molecule has 3 rings (SSSR count). The number of nitrogens with one attached hydrogen (secondary N) is 1. The molecule has 2 aliphatic rings. The van der Waals surface area contributed by atoms with E-state index >= 15 is 0 Å². The van der Waals surface area contributed by atoms with Gasteiger partial charge >= 0.3 is 6.18 Å². The standard InChI is InChI=1S/C18H19F3N2O2S/c1-23(12-5-3-2-4-6-12)16(24)10-15-17(25)22-13-9-11(18(19,20)21)7-8-14(13)26-15/h7-10,12H,2-6H2,1H3,(H,22,25)/b15-10+. The third kappa shape index (κ3) is 4.06. The van der Waals surface area contributed by atoms with Crippen molar-refractivity contribution in [2.45, 2.75) is 49.2 Å². The number of amides is 2. The molecular weight excluding hydrogens is 365 g/mol. The lowest BCUT2D eigenvalue weighted by Gasteiger charge is -2.30. The van der Waals surface area contributed by atoms with Gasteiger partial charge in [0.1, 0.15) is 0 Å². The van der Waals surface area contributed by atoms with E-state index in [1.807, 2.05) is 0 Å². The molecule has 1 aliphatic carbocycles. The van der Waals surface area contributed by atoms with Crippen molar-refractivity contribution in [1.29, 1.82) is 0 Å². The Hall–Kier alpha value is -1.96. The van der Waals surface area contributed by atoms with E-state index in [2.05, 4.69) is 5.32 Å².